The molecule has 3 heteroatoms. The summed E-state index contributed by atoms with van der Waals surface area (Å²) in [5, 5.41) is 7.81. The van der Waals surface area contributed by atoms with Crippen LogP contribution in [0.1, 0.15) is 48.9 Å². The van der Waals surface area contributed by atoms with Crippen molar-refractivity contribution in [3.63, 3.8) is 0 Å². The maximum atomic E-state index is 5.60. The number of hydrogen-bond donors (Lipinski definition) is 2. The van der Waals surface area contributed by atoms with Gasteiger partial charge in [-0.3, -0.25) is 0 Å². The molecule has 138 valence electrons. The van der Waals surface area contributed by atoms with Gasteiger partial charge in [-0.15, -0.1) is 0 Å². The summed E-state index contributed by atoms with van der Waals surface area (Å²) in [6.07, 6.45) is 5.03. The Labute approximate surface area is 157 Å². The van der Waals surface area contributed by atoms with Gasteiger partial charge in [-0.05, 0) is 42.4 Å². The van der Waals surface area contributed by atoms with E-state index in [0.717, 1.165) is 24.6 Å². The average molecular weight is 351 g/mol. The van der Waals surface area contributed by atoms with E-state index in [4.69, 9.17) is 4.74 Å². The number of rotatable bonds is 6. The lowest BCUT2D eigenvalue weighted by molar-refractivity contribution is 0.365. The zero-order chi connectivity index (χ0) is 17.9. The minimum absolute atomic E-state index is 0.395. The highest BCUT2D eigenvalue weighted by atomic mass is 16.5. The van der Waals surface area contributed by atoms with Crippen molar-refractivity contribution in [1.29, 1.82) is 0 Å². The smallest absolute Gasteiger partial charge is 0.123 e. The van der Waals surface area contributed by atoms with Gasteiger partial charge in [0.25, 0.3) is 0 Å². The molecule has 0 aromatic heterocycles. The fourth-order valence-corrected chi connectivity index (χ4v) is 4.86. The van der Waals surface area contributed by atoms with Gasteiger partial charge in [-0.2, -0.15) is 0 Å². The molecule has 4 unspecified atom stereocenters. The van der Waals surface area contributed by atoms with Crippen molar-refractivity contribution in [3.05, 3.63) is 65.2 Å². The van der Waals surface area contributed by atoms with Crippen LogP contribution in [0.3, 0.4) is 0 Å². The van der Waals surface area contributed by atoms with E-state index in [1.165, 1.54) is 36.0 Å². The van der Waals surface area contributed by atoms with E-state index in [1.54, 1.807) is 7.11 Å². The SMILES string of the molecule is CCc1ccc(OC)c(CNC2C(c3ccccc3)NC3CCCC32)c1. The van der Waals surface area contributed by atoms with E-state index < -0.39 is 0 Å². The number of methoxy groups -OCH3 is 1. The van der Waals surface area contributed by atoms with Gasteiger partial charge < -0.3 is 15.4 Å². The highest BCUT2D eigenvalue weighted by Crippen LogP contribution is 2.41. The second-order valence-corrected chi connectivity index (χ2v) is 7.66. The van der Waals surface area contributed by atoms with Gasteiger partial charge in [0.05, 0.1) is 7.11 Å². The molecule has 1 heterocycles. The van der Waals surface area contributed by atoms with Gasteiger partial charge in [0.15, 0.2) is 0 Å². The van der Waals surface area contributed by atoms with E-state index in [9.17, 15) is 0 Å². The zero-order valence-electron chi connectivity index (χ0n) is 15.9. The molecular weight excluding hydrogens is 320 g/mol. The molecular formula is C23H30N2O. The number of benzene rings is 2. The normalized spacial score (nSPS) is 27.5. The first-order valence-electron chi connectivity index (χ1n) is 10.0. The Morgan fingerprint density at radius 3 is 2.73 bits per heavy atom. The first kappa shape index (κ1) is 17.6. The van der Waals surface area contributed by atoms with E-state index in [2.05, 4.69) is 66.1 Å². The third kappa shape index (κ3) is 3.38. The fourth-order valence-electron chi connectivity index (χ4n) is 4.86. The molecule has 2 aromatic rings. The second kappa shape index (κ2) is 7.81. The predicted molar refractivity (Wildman–Crippen MR) is 106 cm³/mol. The van der Waals surface area contributed by atoms with Crippen LogP contribution in [-0.2, 0) is 13.0 Å². The quantitative estimate of drug-likeness (QED) is 0.818. The molecule has 1 saturated carbocycles. The minimum atomic E-state index is 0.395. The Balaban J connectivity index is 1.55. The Morgan fingerprint density at radius 2 is 1.96 bits per heavy atom. The average Bonchev–Trinajstić information content (AvgIpc) is 3.28. The van der Waals surface area contributed by atoms with Crippen molar-refractivity contribution in [2.24, 2.45) is 5.92 Å². The molecule has 1 aliphatic carbocycles. The first-order valence-corrected chi connectivity index (χ1v) is 10.0. The molecule has 2 aliphatic rings. The molecule has 2 fully saturated rings. The van der Waals surface area contributed by atoms with Crippen molar-refractivity contribution in [2.45, 2.75) is 57.3 Å². The summed E-state index contributed by atoms with van der Waals surface area (Å²) < 4.78 is 5.60. The van der Waals surface area contributed by atoms with Crippen LogP contribution in [0.15, 0.2) is 48.5 Å². The Kier molecular flexibility index (Phi) is 5.28. The minimum Gasteiger partial charge on any atom is -0.496 e. The molecule has 4 atom stereocenters. The number of ether oxygens (including phenoxy) is 1. The molecule has 2 aromatic carbocycles. The van der Waals surface area contributed by atoms with Crippen LogP contribution < -0.4 is 15.4 Å². The number of fused-ring (bicyclic) bond motifs is 1. The summed E-state index contributed by atoms with van der Waals surface area (Å²) >= 11 is 0. The monoisotopic (exact) mass is 350 g/mol. The van der Waals surface area contributed by atoms with Crippen LogP contribution in [-0.4, -0.2) is 19.2 Å². The van der Waals surface area contributed by atoms with Crippen LogP contribution in [0.5, 0.6) is 5.75 Å². The Bertz CT molecular complexity index is 730. The molecule has 26 heavy (non-hydrogen) atoms. The highest BCUT2D eigenvalue weighted by Gasteiger charge is 2.45. The molecule has 1 aliphatic heterocycles. The number of nitrogens with one attached hydrogen (secondary N) is 2. The van der Waals surface area contributed by atoms with E-state index >= 15 is 0 Å². The molecule has 1 saturated heterocycles. The number of hydrogen-bond acceptors (Lipinski definition) is 3. The van der Waals surface area contributed by atoms with Gasteiger partial charge in [-0.25, -0.2) is 0 Å². The molecule has 2 N–H and O–H groups in total. The first-order chi connectivity index (χ1) is 12.8. The number of aryl methyl sites for hydroxylation is 1. The maximum Gasteiger partial charge on any atom is 0.123 e. The van der Waals surface area contributed by atoms with Crippen LogP contribution in [0.2, 0.25) is 0 Å². The van der Waals surface area contributed by atoms with Crippen molar-refractivity contribution in [1.82, 2.24) is 10.6 Å². The van der Waals surface area contributed by atoms with Crippen LogP contribution in [0, 0.1) is 5.92 Å². The third-order valence-electron chi connectivity index (χ3n) is 6.22. The molecule has 3 nitrogen and oxygen atoms in total. The largest absolute Gasteiger partial charge is 0.496 e. The topological polar surface area (TPSA) is 33.3 Å². The lowest BCUT2D eigenvalue weighted by atomic mass is 9.91. The molecule has 0 bridgehead atoms. The van der Waals surface area contributed by atoms with Crippen molar-refractivity contribution < 1.29 is 4.74 Å². The van der Waals surface area contributed by atoms with Crippen molar-refractivity contribution in [2.75, 3.05) is 7.11 Å². The van der Waals surface area contributed by atoms with Crippen molar-refractivity contribution in [3.8, 4) is 5.75 Å². The summed E-state index contributed by atoms with van der Waals surface area (Å²) in [5.74, 6) is 1.71. The van der Waals surface area contributed by atoms with Crippen molar-refractivity contribution >= 4 is 0 Å². The lowest BCUT2D eigenvalue weighted by Crippen LogP contribution is -2.37. The lowest BCUT2D eigenvalue weighted by Gasteiger charge is -2.26. The van der Waals surface area contributed by atoms with E-state index in [0.29, 0.717) is 18.1 Å². The fraction of sp³-hybridized carbons (Fsp3) is 0.478. The Hall–Kier alpha value is -1.84. The maximum absolute atomic E-state index is 5.60. The van der Waals surface area contributed by atoms with Gasteiger partial charge in [-0.1, -0.05) is 55.8 Å². The molecule has 0 amide bonds. The van der Waals surface area contributed by atoms with Crippen LogP contribution in [0.25, 0.3) is 0 Å². The molecule has 0 radical (unpaired) electrons. The summed E-state index contributed by atoms with van der Waals surface area (Å²) in [6, 6.07) is 19.0. The zero-order valence-corrected chi connectivity index (χ0v) is 15.9. The van der Waals surface area contributed by atoms with Gasteiger partial charge >= 0.3 is 0 Å². The summed E-state index contributed by atoms with van der Waals surface area (Å²) in [4.78, 5) is 0. The van der Waals surface area contributed by atoms with Gasteiger partial charge in [0.1, 0.15) is 5.75 Å². The van der Waals surface area contributed by atoms with Crippen LogP contribution >= 0.6 is 0 Å². The predicted octanol–water partition coefficient (Wildman–Crippen LogP) is 4.23. The summed E-state index contributed by atoms with van der Waals surface area (Å²) in [7, 11) is 1.77. The van der Waals surface area contributed by atoms with Crippen LogP contribution in [0.4, 0.5) is 0 Å². The second-order valence-electron chi connectivity index (χ2n) is 7.66. The third-order valence-corrected chi connectivity index (χ3v) is 6.22. The summed E-state index contributed by atoms with van der Waals surface area (Å²) in [5.41, 5.74) is 4.03. The van der Waals surface area contributed by atoms with E-state index in [-0.39, 0.29) is 0 Å². The van der Waals surface area contributed by atoms with E-state index in [1.807, 2.05) is 0 Å². The Morgan fingerprint density at radius 1 is 1.12 bits per heavy atom. The molecule has 4 rings (SSSR count). The standard InChI is InChI=1S/C23H30N2O/c1-3-16-12-13-21(26-2)18(14-16)15-24-23-19-10-7-11-20(19)25-22(23)17-8-5-4-6-9-17/h4-6,8-9,12-14,19-20,22-25H,3,7,10-11,15H2,1-2H3. The van der Waals surface area contributed by atoms with Gasteiger partial charge in [0.2, 0.25) is 0 Å². The van der Waals surface area contributed by atoms with Gasteiger partial charge in [0, 0.05) is 30.2 Å². The molecule has 0 spiro atoms. The highest BCUT2D eigenvalue weighted by molar-refractivity contribution is 5.37. The summed E-state index contributed by atoms with van der Waals surface area (Å²) in [6.45, 7) is 3.06.